The molecule has 3 heterocycles. The maximum Gasteiger partial charge on any atom is 0.227 e. The molecule has 2 saturated heterocycles. The van der Waals surface area contributed by atoms with Crippen molar-refractivity contribution in [2.24, 2.45) is 0 Å². The van der Waals surface area contributed by atoms with E-state index in [4.69, 9.17) is 4.74 Å². The maximum absolute atomic E-state index is 12.9. The number of pyridine rings is 1. The molecule has 4 nitrogen and oxygen atoms in total. The molecule has 2 fully saturated rings. The molecule has 0 spiro atoms. The molecule has 2 atom stereocenters. The summed E-state index contributed by atoms with van der Waals surface area (Å²) in [7, 11) is 0. The summed E-state index contributed by atoms with van der Waals surface area (Å²) in [6.07, 6.45) is 6.42. The molecule has 1 amide bonds. The molecule has 2 unspecified atom stereocenters. The highest BCUT2D eigenvalue weighted by molar-refractivity contribution is 5.80. The third kappa shape index (κ3) is 3.53. The Morgan fingerprint density at radius 1 is 1.16 bits per heavy atom. The first-order valence-electron chi connectivity index (χ1n) is 9.13. The summed E-state index contributed by atoms with van der Waals surface area (Å²) in [6, 6.07) is 14.6. The van der Waals surface area contributed by atoms with E-state index in [0.717, 1.165) is 31.2 Å². The smallest absolute Gasteiger partial charge is 0.227 e. The van der Waals surface area contributed by atoms with Crippen molar-refractivity contribution in [2.75, 3.05) is 0 Å². The van der Waals surface area contributed by atoms with E-state index in [-0.39, 0.29) is 12.0 Å². The van der Waals surface area contributed by atoms with Gasteiger partial charge in [0.15, 0.2) is 0 Å². The molecule has 0 radical (unpaired) electrons. The van der Waals surface area contributed by atoms with E-state index in [1.54, 1.807) is 6.20 Å². The summed E-state index contributed by atoms with van der Waals surface area (Å²) in [4.78, 5) is 19.3. The number of aromatic nitrogens is 1. The van der Waals surface area contributed by atoms with E-state index < -0.39 is 0 Å². The fourth-order valence-electron chi connectivity index (χ4n) is 4.31. The van der Waals surface area contributed by atoms with Gasteiger partial charge in [-0.1, -0.05) is 35.9 Å². The number of rotatable bonds is 4. The largest absolute Gasteiger partial charge is 0.474 e. The maximum atomic E-state index is 12.9. The minimum Gasteiger partial charge on any atom is -0.474 e. The first-order valence-corrected chi connectivity index (χ1v) is 9.13. The van der Waals surface area contributed by atoms with Crippen molar-refractivity contribution in [1.29, 1.82) is 0 Å². The number of ether oxygens (including phenoxy) is 1. The van der Waals surface area contributed by atoms with E-state index in [1.807, 2.05) is 30.3 Å². The predicted molar refractivity (Wildman–Crippen MR) is 96.4 cm³/mol. The van der Waals surface area contributed by atoms with Crippen molar-refractivity contribution in [3.05, 3.63) is 59.8 Å². The molecule has 25 heavy (non-hydrogen) atoms. The van der Waals surface area contributed by atoms with Crippen molar-refractivity contribution in [3.8, 4) is 5.88 Å². The molecule has 4 heteroatoms. The van der Waals surface area contributed by atoms with Crippen molar-refractivity contribution >= 4 is 5.91 Å². The Labute approximate surface area is 148 Å². The number of carbonyl (C=O) groups excluding carboxylic acids is 1. The number of hydrogen-bond acceptors (Lipinski definition) is 3. The van der Waals surface area contributed by atoms with Crippen LogP contribution in [0.3, 0.4) is 0 Å². The Morgan fingerprint density at radius 3 is 2.64 bits per heavy atom. The topological polar surface area (TPSA) is 42.4 Å². The van der Waals surface area contributed by atoms with Crippen LogP contribution in [0.5, 0.6) is 5.88 Å². The number of nitrogens with zero attached hydrogens (tertiary/aromatic N) is 2. The van der Waals surface area contributed by atoms with Crippen molar-refractivity contribution in [1.82, 2.24) is 9.88 Å². The Kier molecular flexibility index (Phi) is 4.43. The molecular weight excluding hydrogens is 312 g/mol. The highest BCUT2D eigenvalue weighted by atomic mass is 16.5. The molecule has 2 aliphatic heterocycles. The standard InChI is InChI=1S/C21H24N2O2/c1-15-5-4-6-16(11-15)12-21(24)23-17-8-9-18(23)14-19(13-17)25-20-7-2-3-10-22-20/h2-7,10-11,17-19H,8-9,12-14H2,1H3. The number of aryl methyl sites for hydroxylation is 1. The number of piperidine rings is 1. The zero-order valence-electron chi connectivity index (χ0n) is 14.6. The van der Waals surface area contributed by atoms with Gasteiger partial charge >= 0.3 is 0 Å². The lowest BCUT2D eigenvalue weighted by Crippen LogP contribution is -2.49. The fraction of sp³-hybridized carbons (Fsp3) is 0.429. The van der Waals surface area contributed by atoms with Crippen LogP contribution in [-0.4, -0.2) is 34.0 Å². The summed E-state index contributed by atoms with van der Waals surface area (Å²) in [5.41, 5.74) is 2.31. The van der Waals surface area contributed by atoms with Gasteiger partial charge in [-0.3, -0.25) is 4.79 Å². The van der Waals surface area contributed by atoms with Gasteiger partial charge in [-0.25, -0.2) is 4.98 Å². The number of hydrogen-bond donors (Lipinski definition) is 0. The predicted octanol–water partition coefficient (Wildman–Crippen LogP) is 3.53. The monoisotopic (exact) mass is 336 g/mol. The van der Waals surface area contributed by atoms with Gasteiger partial charge in [-0.05, 0) is 31.4 Å². The minimum absolute atomic E-state index is 0.162. The van der Waals surface area contributed by atoms with Gasteiger partial charge in [0.25, 0.3) is 0 Å². The van der Waals surface area contributed by atoms with E-state index in [2.05, 4.69) is 28.9 Å². The Morgan fingerprint density at radius 2 is 1.96 bits per heavy atom. The third-order valence-electron chi connectivity index (χ3n) is 5.34. The molecule has 0 saturated carbocycles. The number of amides is 1. The summed E-state index contributed by atoms with van der Waals surface area (Å²) >= 11 is 0. The van der Waals surface area contributed by atoms with Crippen LogP contribution in [0.25, 0.3) is 0 Å². The van der Waals surface area contributed by atoms with Crippen molar-refractivity contribution < 1.29 is 9.53 Å². The highest BCUT2D eigenvalue weighted by Gasteiger charge is 2.43. The van der Waals surface area contributed by atoms with Crippen LogP contribution in [0.2, 0.25) is 0 Å². The summed E-state index contributed by atoms with van der Waals surface area (Å²) < 4.78 is 6.05. The van der Waals surface area contributed by atoms with Crippen LogP contribution in [0, 0.1) is 6.92 Å². The van der Waals surface area contributed by atoms with Gasteiger partial charge in [0.2, 0.25) is 11.8 Å². The number of carbonyl (C=O) groups is 1. The summed E-state index contributed by atoms with van der Waals surface area (Å²) in [6.45, 7) is 2.07. The molecule has 0 N–H and O–H groups in total. The molecule has 2 bridgehead atoms. The zero-order chi connectivity index (χ0) is 17.2. The van der Waals surface area contributed by atoms with Gasteiger partial charge in [-0.2, -0.15) is 0 Å². The van der Waals surface area contributed by atoms with Gasteiger partial charge in [0.1, 0.15) is 6.10 Å². The van der Waals surface area contributed by atoms with Crippen LogP contribution < -0.4 is 4.74 Å². The third-order valence-corrected chi connectivity index (χ3v) is 5.34. The Hall–Kier alpha value is -2.36. The van der Waals surface area contributed by atoms with E-state index >= 15 is 0 Å². The summed E-state index contributed by atoms with van der Waals surface area (Å²) in [5.74, 6) is 0.945. The van der Waals surface area contributed by atoms with Gasteiger partial charge < -0.3 is 9.64 Å². The van der Waals surface area contributed by atoms with Crippen LogP contribution in [0.1, 0.15) is 36.8 Å². The lowest BCUT2D eigenvalue weighted by Gasteiger charge is -2.38. The first kappa shape index (κ1) is 16.1. The van der Waals surface area contributed by atoms with E-state index in [0.29, 0.717) is 24.4 Å². The second-order valence-electron chi connectivity index (χ2n) is 7.23. The first-order chi connectivity index (χ1) is 12.2. The Balaban J connectivity index is 1.41. The van der Waals surface area contributed by atoms with Crippen molar-refractivity contribution in [2.45, 2.75) is 57.2 Å². The summed E-state index contributed by atoms with van der Waals surface area (Å²) in [5, 5.41) is 0. The number of benzene rings is 1. The molecule has 130 valence electrons. The average molecular weight is 336 g/mol. The second kappa shape index (κ2) is 6.87. The van der Waals surface area contributed by atoms with Crippen LogP contribution in [0.4, 0.5) is 0 Å². The van der Waals surface area contributed by atoms with Gasteiger partial charge in [0.05, 0.1) is 6.42 Å². The molecule has 0 aliphatic carbocycles. The van der Waals surface area contributed by atoms with Gasteiger partial charge in [0, 0.05) is 37.2 Å². The van der Waals surface area contributed by atoms with Crippen LogP contribution >= 0.6 is 0 Å². The normalized spacial score (nSPS) is 25.0. The Bertz CT molecular complexity index is 733. The lowest BCUT2D eigenvalue weighted by atomic mass is 9.98. The van der Waals surface area contributed by atoms with Crippen LogP contribution in [-0.2, 0) is 11.2 Å². The molecule has 4 rings (SSSR count). The van der Waals surface area contributed by atoms with E-state index in [9.17, 15) is 4.79 Å². The molecule has 1 aromatic carbocycles. The highest BCUT2D eigenvalue weighted by Crippen LogP contribution is 2.37. The molecule has 2 aromatic rings. The molecule has 2 aliphatic rings. The SMILES string of the molecule is Cc1cccc(CC(=O)N2C3CCC2CC(Oc2ccccn2)C3)c1. The minimum atomic E-state index is 0.162. The van der Waals surface area contributed by atoms with Gasteiger partial charge in [-0.15, -0.1) is 0 Å². The van der Waals surface area contributed by atoms with Crippen molar-refractivity contribution in [3.63, 3.8) is 0 Å². The molecule has 1 aromatic heterocycles. The lowest BCUT2D eigenvalue weighted by molar-refractivity contribution is -0.136. The zero-order valence-corrected chi connectivity index (χ0v) is 14.6. The average Bonchev–Trinajstić information content (AvgIpc) is 2.87. The van der Waals surface area contributed by atoms with Crippen LogP contribution in [0.15, 0.2) is 48.7 Å². The second-order valence-corrected chi connectivity index (χ2v) is 7.23. The fourth-order valence-corrected chi connectivity index (χ4v) is 4.31. The van der Waals surface area contributed by atoms with E-state index in [1.165, 1.54) is 5.56 Å². The quantitative estimate of drug-likeness (QED) is 0.858. The molecular formula is C21H24N2O2. The number of fused-ring (bicyclic) bond motifs is 2.